The average Bonchev–Trinajstić information content (AvgIpc) is 2.65. The number of halogens is 1. The summed E-state index contributed by atoms with van der Waals surface area (Å²) in [4.78, 5) is 11.4. The molecule has 0 N–H and O–H groups in total. The molecule has 2 aromatic carbocycles. The predicted molar refractivity (Wildman–Crippen MR) is 110 cm³/mol. The summed E-state index contributed by atoms with van der Waals surface area (Å²) in [5.74, 6) is 0.594. The fourth-order valence-electron chi connectivity index (χ4n) is 2.50. The molecule has 0 amide bonds. The van der Waals surface area contributed by atoms with Crippen molar-refractivity contribution in [2.24, 2.45) is 0 Å². The molecule has 7 nitrogen and oxygen atoms in total. The van der Waals surface area contributed by atoms with Gasteiger partial charge in [0.05, 0.1) is 7.11 Å². The van der Waals surface area contributed by atoms with Crippen molar-refractivity contribution in [1.29, 1.82) is 0 Å². The summed E-state index contributed by atoms with van der Waals surface area (Å²) in [6.07, 6.45) is 1.26. The summed E-state index contributed by atoms with van der Waals surface area (Å²) >= 11 is 5.82. The van der Waals surface area contributed by atoms with Crippen LogP contribution >= 0.6 is 11.6 Å². The van der Waals surface area contributed by atoms with Crippen LogP contribution in [0, 0.1) is 0 Å². The van der Waals surface area contributed by atoms with Crippen LogP contribution in [-0.4, -0.2) is 29.0 Å². The third kappa shape index (κ3) is 5.06. The highest BCUT2D eigenvalue weighted by Gasteiger charge is 2.26. The second kappa shape index (κ2) is 8.02. The third-order valence-electron chi connectivity index (χ3n) is 3.90. The van der Waals surface area contributed by atoms with Crippen molar-refractivity contribution in [3.63, 3.8) is 0 Å². The van der Waals surface area contributed by atoms with Crippen LogP contribution in [0.2, 0.25) is 5.02 Å². The fraction of sp³-hybridized carbons (Fsp3) is 0.105. The van der Waals surface area contributed by atoms with Crippen molar-refractivity contribution in [3.05, 3.63) is 74.9 Å². The van der Waals surface area contributed by atoms with Crippen molar-refractivity contribution < 1.29 is 26.0 Å². The Morgan fingerprint density at radius 1 is 1.03 bits per heavy atom. The molecule has 0 aliphatic rings. The molecule has 1 aromatic heterocycles. The van der Waals surface area contributed by atoms with Gasteiger partial charge in [0.1, 0.15) is 11.3 Å². The molecular weight excluding hydrogens is 440 g/mol. The van der Waals surface area contributed by atoms with Crippen LogP contribution in [0.3, 0.4) is 0 Å². The van der Waals surface area contributed by atoms with E-state index in [4.69, 9.17) is 20.8 Å². The van der Waals surface area contributed by atoms with Crippen LogP contribution in [0.1, 0.15) is 5.56 Å². The summed E-state index contributed by atoms with van der Waals surface area (Å²) in [5.41, 5.74) is -0.522. The first-order valence-electron chi connectivity index (χ1n) is 8.11. The maximum Gasteiger partial charge on any atom is 0.355 e. The summed E-state index contributed by atoms with van der Waals surface area (Å²) in [7, 11) is -7.15. The highest BCUT2D eigenvalue weighted by molar-refractivity contribution is 8.09. The van der Waals surface area contributed by atoms with E-state index in [2.05, 4.69) is 0 Å². The Bertz CT molecular complexity index is 1350. The molecule has 0 bridgehead atoms. The van der Waals surface area contributed by atoms with Crippen molar-refractivity contribution in [1.82, 2.24) is 0 Å². The van der Waals surface area contributed by atoms with Crippen molar-refractivity contribution in [2.75, 3.05) is 12.2 Å². The number of rotatable bonds is 6. The zero-order valence-corrected chi connectivity index (χ0v) is 17.4. The molecule has 3 rings (SSSR count). The van der Waals surface area contributed by atoms with Crippen LogP contribution in [0.5, 0.6) is 5.75 Å². The minimum Gasteiger partial charge on any atom is -0.497 e. The highest BCUT2D eigenvalue weighted by atomic mass is 35.5. The first-order chi connectivity index (χ1) is 13.6. The lowest BCUT2D eigenvalue weighted by Gasteiger charge is -2.04. The van der Waals surface area contributed by atoms with E-state index in [1.54, 1.807) is 24.3 Å². The van der Waals surface area contributed by atoms with Crippen molar-refractivity contribution in [3.8, 4) is 5.75 Å². The lowest BCUT2D eigenvalue weighted by atomic mass is 10.2. The van der Waals surface area contributed by atoms with Gasteiger partial charge < -0.3 is 9.15 Å². The molecule has 10 heteroatoms. The molecule has 29 heavy (non-hydrogen) atoms. The molecule has 0 aliphatic carbocycles. The molecule has 3 aromatic rings. The fourth-order valence-corrected chi connectivity index (χ4v) is 6.18. The molecule has 0 radical (unpaired) electrons. The average molecular weight is 455 g/mol. The smallest absolute Gasteiger partial charge is 0.355 e. The number of fused-ring (bicyclic) bond motifs is 1. The lowest BCUT2D eigenvalue weighted by Crippen LogP contribution is -2.21. The number of methoxy groups -OCH3 is 1. The van der Waals surface area contributed by atoms with Gasteiger partial charge in [0, 0.05) is 21.9 Å². The quantitative estimate of drug-likeness (QED) is 0.526. The molecule has 0 spiro atoms. The largest absolute Gasteiger partial charge is 0.497 e. The van der Waals surface area contributed by atoms with E-state index >= 15 is 0 Å². The van der Waals surface area contributed by atoms with Gasteiger partial charge in [-0.15, -0.1) is 0 Å². The molecule has 0 unspecified atom stereocenters. The highest BCUT2D eigenvalue weighted by Crippen LogP contribution is 2.21. The van der Waals surface area contributed by atoms with E-state index in [0.29, 0.717) is 21.7 Å². The molecular formula is C19H15ClO7S2. The maximum absolute atomic E-state index is 12.6. The Balaban J connectivity index is 1.90. The van der Waals surface area contributed by atoms with Gasteiger partial charge in [-0.25, -0.2) is 21.6 Å². The number of benzene rings is 2. The Kier molecular flexibility index (Phi) is 5.83. The van der Waals surface area contributed by atoms with Crippen molar-refractivity contribution in [2.45, 2.75) is 4.90 Å². The first kappa shape index (κ1) is 21.1. The van der Waals surface area contributed by atoms with Gasteiger partial charge in [-0.05, 0) is 42.0 Å². The Hall–Kier alpha value is -2.62. The first-order valence-corrected chi connectivity index (χ1v) is 11.9. The van der Waals surface area contributed by atoms with Gasteiger partial charge in [0.15, 0.2) is 29.7 Å². The zero-order valence-electron chi connectivity index (χ0n) is 15.0. The van der Waals surface area contributed by atoms with Crippen LogP contribution < -0.4 is 10.4 Å². The molecule has 0 aliphatic heterocycles. The molecule has 0 fully saturated rings. The van der Waals surface area contributed by atoms with E-state index in [-0.39, 0.29) is 5.58 Å². The molecule has 1 heterocycles. The molecule has 152 valence electrons. The Morgan fingerprint density at radius 3 is 2.38 bits per heavy atom. The summed E-state index contributed by atoms with van der Waals surface area (Å²) < 4.78 is 59.7. The SMILES string of the molecule is COc1ccc(C=CS(=O)(=O)CS(=O)(=O)c2cc3ccc(Cl)cc3oc2=O)cc1. The van der Waals surface area contributed by atoms with Crippen molar-refractivity contribution >= 4 is 48.3 Å². The minimum absolute atomic E-state index is 0.101. The molecule has 0 atom stereocenters. The molecule has 0 saturated heterocycles. The van der Waals surface area contributed by atoms with Gasteiger partial charge >= 0.3 is 5.63 Å². The minimum atomic E-state index is -4.46. The van der Waals surface area contributed by atoms with Crippen LogP contribution in [0.25, 0.3) is 17.0 Å². The number of ether oxygens (including phenoxy) is 1. The van der Waals surface area contributed by atoms with E-state index in [1.165, 1.54) is 31.4 Å². The van der Waals surface area contributed by atoms with Gasteiger partial charge in [0.25, 0.3) is 0 Å². The van der Waals surface area contributed by atoms with E-state index in [0.717, 1.165) is 11.5 Å². The second-order valence-corrected chi connectivity index (χ2v) is 10.7. The van der Waals surface area contributed by atoms with E-state index in [9.17, 15) is 21.6 Å². The van der Waals surface area contributed by atoms with Crippen LogP contribution in [0.4, 0.5) is 0 Å². The lowest BCUT2D eigenvalue weighted by molar-refractivity contribution is 0.415. The number of hydrogen-bond donors (Lipinski definition) is 0. The standard InChI is InChI=1S/C19H15ClO7S2/c1-26-16-6-2-13(3-7-16)8-9-28(22,23)12-29(24,25)18-10-14-4-5-15(20)11-17(14)27-19(18)21/h2-11H,12H2,1H3. The predicted octanol–water partition coefficient (Wildman–Crippen LogP) is 3.27. The van der Waals surface area contributed by atoms with Gasteiger partial charge in [0.2, 0.25) is 0 Å². The van der Waals surface area contributed by atoms with E-state index in [1.807, 2.05) is 0 Å². The Morgan fingerprint density at radius 2 is 1.72 bits per heavy atom. The Labute approximate surface area is 172 Å². The van der Waals surface area contributed by atoms with Crippen LogP contribution in [-0.2, 0) is 19.7 Å². The number of sulfone groups is 2. The zero-order chi connectivity index (χ0) is 21.2. The maximum atomic E-state index is 12.6. The van der Waals surface area contributed by atoms with Gasteiger partial charge in [-0.2, -0.15) is 0 Å². The summed E-state index contributed by atoms with van der Waals surface area (Å²) in [6.45, 7) is 0. The summed E-state index contributed by atoms with van der Waals surface area (Å²) in [5, 5.41) is 0.131. The van der Waals surface area contributed by atoms with E-state index < -0.39 is 35.3 Å². The monoisotopic (exact) mass is 454 g/mol. The topological polar surface area (TPSA) is 108 Å². The normalized spacial score (nSPS) is 12.5. The number of hydrogen-bond acceptors (Lipinski definition) is 7. The third-order valence-corrected chi connectivity index (χ3v) is 8.20. The second-order valence-electron chi connectivity index (χ2n) is 6.05. The van der Waals surface area contributed by atoms with Crippen LogP contribution in [0.15, 0.2) is 68.0 Å². The van der Waals surface area contributed by atoms with Gasteiger partial charge in [-0.3, -0.25) is 0 Å². The van der Waals surface area contributed by atoms with Gasteiger partial charge in [-0.1, -0.05) is 23.7 Å². The summed E-state index contributed by atoms with van der Waals surface area (Å²) in [6, 6.07) is 11.9. The molecule has 0 saturated carbocycles.